The maximum Gasteiger partial charge on any atom is 0.320 e. The van der Waals surface area contributed by atoms with Gasteiger partial charge >= 0.3 is 5.97 Å². The third kappa shape index (κ3) is 3.70. The quantitative estimate of drug-likeness (QED) is 0.634. The van der Waals surface area contributed by atoms with Crippen molar-refractivity contribution in [3.8, 4) is 0 Å². The summed E-state index contributed by atoms with van der Waals surface area (Å²) in [6, 6.07) is 6.10. The molecule has 1 aromatic carbocycles. The first-order chi connectivity index (χ1) is 7.49. The second kappa shape index (κ2) is 5.27. The van der Waals surface area contributed by atoms with E-state index in [4.69, 9.17) is 16.6 Å². The van der Waals surface area contributed by atoms with E-state index in [0.717, 1.165) is 11.1 Å². The van der Waals surface area contributed by atoms with Crippen LogP contribution in [0.25, 0.3) is 0 Å². The molecule has 0 saturated carbocycles. The largest absolute Gasteiger partial charge is 0.480 e. The summed E-state index contributed by atoms with van der Waals surface area (Å²) in [5, 5.41) is 8.66. The maximum absolute atomic E-state index is 10.7. The average molecular weight is 222 g/mol. The van der Waals surface area contributed by atoms with Gasteiger partial charge in [0.15, 0.2) is 0 Å². The van der Waals surface area contributed by atoms with Crippen molar-refractivity contribution in [2.45, 2.75) is 18.9 Å². The van der Waals surface area contributed by atoms with Crippen molar-refractivity contribution in [1.29, 1.82) is 0 Å². The number of primary amides is 1. The molecule has 1 atom stereocenters. The second-order valence-corrected chi connectivity index (χ2v) is 3.61. The van der Waals surface area contributed by atoms with Gasteiger partial charge in [0.1, 0.15) is 6.04 Å². The Labute approximate surface area is 93.1 Å². The Balaban J connectivity index is 2.74. The summed E-state index contributed by atoms with van der Waals surface area (Å²) in [4.78, 5) is 21.3. The number of aliphatic carboxylic acids is 1. The van der Waals surface area contributed by atoms with E-state index in [0.29, 0.717) is 0 Å². The highest BCUT2D eigenvalue weighted by molar-refractivity contribution is 5.76. The van der Waals surface area contributed by atoms with Gasteiger partial charge < -0.3 is 16.6 Å². The molecular weight excluding hydrogens is 208 g/mol. The van der Waals surface area contributed by atoms with Gasteiger partial charge in [-0.25, -0.2) is 0 Å². The molecule has 1 aromatic rings. The van der Waals surface area contributed by atoms with Gasteiger partial charge in [0, 0.05) is 0 Å². The Hall–Kier alpha value is -1.88. The number of hydrogen-bond donors (Lipinski definition) is 3. The molecule has 0 bridgehead atoms. The van der Waals surface area contributed by atoms with Gasteiger partial charge in [-0.2, -0.15) is 0 Å². The van der Waals surface area contributed by atoms with Gasteiger partial charge in [-0.05, 0) is 17.5 Å². The van der Waals surface area contributed by atoms with Gasteiger partial charge in [-0.3, -0.25) is 9.59 Å². The van der Waals surface area contributed by atoms with E-state index < -0.39 is 17.9 Å². The third-order valence-electron chi connectivity index (χ3n) is 2.14. The molecule has 0 aliphatic carbocycles. The van der Waals surface area contributed by atoms with Gasteiger partial charge in [-0.1, -0.05) is 24.3 Å². The van der Waals surface area contributed by atoms with E-state index >= 15 is 0 Å². The smallest absolute Gasteiger partial charge is 0.320 e. The zero-order chi connectivity index (χ0) is 12.1. The predicted molar refractivity (Wildman–Crippen MR) is 58.7 cm³/mol. The first-order valence-electron chi connectivity index (χ1n) is 4.83. The molecule has 0 unspecified atom stereocenters. The molecule has 0 aliphatic rings. The molecular formula is C11H14N2O3. The highest BCUT2D eigenvalue weighted by Gasteiger charge is 2.12. The molecule has 86 valence electrons. The number of carbonyl (C=O) groups excluding carboxylic acids is 1. The summed E-state index contributed by atoms with van der Waals surface area (Å²) in [6.07, 6.45) is 0.387. The lowest BCUT2D eigenvalue weighted by atomic mass is 10.0. The van der Waals surface area contributed by atoms with Crippen LogP contribution in [0.5, 0.6) is 0 Å². The van der Waals surface area contributed by atoms with E-state index in [-0.39, 0.29) is 12.8 Å². The van der Waals surface area contributed by atoms with E-state index in [9.17, 15) is 9.59 Å². The summed E-state index contributed by atoms with van der Waals surface area (Å²) >= 11 is 0. The summed E-state index contributed by atoms with van der Waals surface area (Å²) in [7, 11) is 0. The average Bonchev–Trinajstić information content (AvgIpc) is 2.16. The van der Waals surface area contributed by atoms with Gasteiger partial charge in [0.25, 0.3) is 0 Å². The summed E-state index contributed by atoms with van der Waals surface area (Å²) in [5.74, 6) is -1.46. The summed E-state index contributed by atoms with van der Waals surface area (Å²) in [6.45, 7) is 0. The lowest BCUT2D eigenvalue weighted by Crippen LogP contribution is -2.32. The van der Waals surface area contributed by atoms with Crippen molar-refractivity contribution in [1.82, 2.24) is 0 Å². The Kier molecular flexibility index (Phi) is 4.02. The third-order valence-corrected chi connectivity index (χ3v) is 2.14. The molecule has 0 radical (unpaired) electrons. The van der Waals surface area contributed by atoms with E-state index in [1.54, 1.807) is 24.3 Å². The lowest BCUT2D eigenvalue weighted by molar-refractivity contribution is -0.138. The number of carbonyl (C=O) groups is 2. The van der Waals surface area contributed by atoms with Crippen LogP contribution in [-0.4, -0.2) is 23.0 Å². The Morgan fingerprint density at radius 1 is 1.31 bits per heavy atom. The molecule has 5 nitrogen and oxygen atoms in total. The number of hydrogen-bond acceptors (Lipinski definition) is 3. The number of rotatable bonds is 5. The van der Waals surface area contributed by atoms with E-state index in [1.807, 2.05) is 0 Å². The minimum Gasteiger partial charge on any atom is -0.480 e. The molecule has 16 heavy (non-hydrogen) atoms. The topological polar surface area (TPSA) is 106 Å². The number of benzene rings is 1. The van der Waals surface area contributed by atoms with Crippen LogP contribution in [-0.2, 0) is 22.4 Å². The normalized spacial score (nSPS) is 12.1. The Bertz CT molecular complexity index is 404. The van der Waals surface area contributed by atoms with Crippen LogP contribution in [0.3, 0.4) is 0 Å². The van der Waals surface area contributed by atoms with Crippen LogP contribution in [0, 0.1) is 0 Å². The van der Waals surface area contributed by atoms with Gasteiger partial charge in [0.05, 0.1) is 6.42 Å². The van der Waals surface area contributed by atoms with Crippen molar-refractivity contribution in [3.63, 3.8) is 0 Å². The van der Waals surface area contributed by atoms with Crippen LogP contribution in [0.1, 0.15) is 11.1 Å². The summed E-state index contributed by atoms with van der Waals surface area (Å²) in [5.41, 5.74) is 12.0. The molecule has 1 rings (SSSR count). The molecule has 5 heteroatoms. The molecule has 0 fully saturated rings. The van der Waals surface area contributed by atoms with E-state index in [2.05, 4.69) is 0 Å². The maximum atomic E-state index is 10.7. The molecule has 0 aliphatic heterocycles. The van der Waals surface area contributed by atoms with Crippen LogP contribution in [0.4, 0.5) is 0 Å². The fourth-order valence-corrected chi connectivity index (χ4v) is 1.41. The van der Waals surface area contributed by atoms with Crippen molar-refractivity contribution < 1.29 is 14.7 Å². The van der Waals surface area contributed by atoms with Crippen molar-refractivity contribution in [2.24, 2.45) is 11.5 Å². The zero-order valence-electron chi connectivity index (χ0n) is 8.72. The Morgan fingerprint density at radius 2 is 1.94 bits per heavy atom. The standard InChI is InChI=1S/C11H14N2O3/c12-9(11(15)16)5-7-2-1-3-8(4-7)6-10(13)14/h1-4,9H,5-6,12H2,(H2,13,14)(H,15,16)/t9-/m0/s1. The lowest BCUT2D eigenvalue weighted by Gasteiger charge is -2.07. The first-order valence-corrected chi connectivity index (χ1v) is 4.83. The zero-order valence-corrected chi connectivity index (χ0v) is 8.72. The van der Waals surface area contributed by atoms with E-state index in [1.165, 1.54) is 0 Å². The van der Waals surface area contributed by atoms with Gasteiger partial charge in [0.2, 0.25) is 5.91 Å². The fourth-order valence-electron chi connectivity index (χ4n) is 1.41. The first kappa shape index (κ1) is 12.2. The molecule has 5 N–H and O–H groups in total. The molecule has 0 heterocycles. The minimum absolute atomic E-state index is 0.149. The fraction of sp³-hybridized carbons (Fsp3) is 0.273. The van der Waals surface area contributed by atoms with Crippen LogP contribution in [0.2, 0.25) is 0 Å². The second-order valence-electron chi connectivity index (χ2n) is 3.61. The highest BCUT2D eigenvalue weighted by atomic mass is 16.4. The van der Waals surface area contributed by atoms with Crippen LogP contribution in [0.15, 0.2) is 24.3 Å². The SMILES string of the molecule is NC(=O)Cc1cccc(C[C@H](N)C(=O)O)c1. The number of carboxylic acids is 1. The molecule has 0 saturated heterocycles. The molecule has 0 aromatic heterocycles. The predicted octanol–water partition coefficient (Wildman–Crippen LogP) is -0.331. The number of carboxylic acid groups (broad SMARTS) is 1. The highest BCUT2D eigenvalue weighted by Crippen LogP contribution is 2.08. The summed E-state index contributed by atoms with van der Waals surface area (Å²) < 4.78 is 0. The number of amides is 1. The number of nitrogens with two attached hydrogens (primary N) is 2. The van der Waals surface area contributed by atoms with Crippen molar-refractivity contribution >= 4 is 11.9 Å². The van der Waals surface area contributed by atoms with Crippen LogP contribution >= 0.6 is 0 Å². The Morgan fingerprint density at radius 3 is 2.50 bits per heavy atom. The minimum atomic E-state index is -1.04. The van der Waals surface area contributed by atoms with Crippen LogP contribution < -0.4 is 11.5 Å². The van der Waals surface area contributed by atoms with Crippen molar-refractivity contribution in [3.05, 3.63) is 35.4 Å². The van der Waals surface area contributed by atoms with Gasteiger partial charge in [-0.15, -0.1) is 0 Å². The monoisotopic (exact) mass is 222 g/mol. The molecule has 0 spiro atoms. The molecule has 1 amide bonds. The van der Waals surface area contributed by atoms with Crippen molar-refractivity contribution in [2.75, 3.05) is 0 Å².